The third-order valence-corrected chi connectivity index (χ3v) is 5.90. The number of hydrogen-bond acceptors (Lipinski definition) is 2. The maximum absolute atomic E-state index is 4.72. The van der Waals surface area contributed by atoms with Crippen LogP contribution < -0.4 is 0 Å². The van der Waals surface area contributed by atoms with Gasteiger partial charge in [-0.2, -0.15) is 0 Å². The van der Waals surface area contributed by atoms with Gasteiger partial charge in [-0.15, -0.1) is 0 Å². The predicted molar refractivity (Wildman–Crippen MR) is 100 cm³/mol. The molecule has 3 aromatic carbocycles. The number of benzene rings is 3. The average Bonchev–Trinajstić information content (AvgIpc) is 2.99. The molecule has 24 heavy (non-hydrogen) atoms. The summed E-state index contributed by atoms with van der Waals surface area (Å²) in [6.45, 7) is 0. The van der Waals surface area contributed by atoms with Gasteiger partial charge in [-0.05, 0) is 41.1 Å². The predicted octanol–water partition coefficient (Wildman–Crippen LogP) is 5.80. The highest BCUT2D eigenvalue weighted by molar-refractivity contribution is 7.99. The van der Waals surface area contributed by atoms with Gasteiger partial charge in [0.1, 0.15) is 5.65 Å². The second-order valence-electron chi connectivity index (χ2n) is 6.10. The molecule has 0 N–H and O–H groups in total. The van der Waals surface area contributed by atoms with Crippen LogP contribution in [0.25, 0.3) is 38.4 Å². The van der Waals surface area contributed by atoms with Crippen molar-refractivity contribution in [3.63, 3.8) is 0 Å². The number of aromatic nitrogens is 2. The minimum atomic E-state index is 1.04. The van der Waals surface area contributed by atoms with Crippen molar-refractivity contribution in [3.05, 3.63) is 72.9 Å². The lowest BCUT2D eigenvalue weighted by atomic mass is 10.0. The molecule has 0 fully saturated rings. The number of hydrogen-bond donors (Lipinski definition) is 0. The molecule has 0 spiro atoms. The summed E-state index contributed by atoms with van der Waals surface area (Å²) in [7, 11) is 0. The van der Waals surface area contributed by atoms with Gasteiger partial charge in [0.15, 0.2) is 0 Å². The SMILES string of the molecule is c1ccc2c(c1)Sc1cc3ccccc3c3c4cccnc4n-2c13. The van der Waals surface area contributed by atoms with E-state index in [1.54, 1.807) is 0 Å². The number of fused-ring (bicyclic) bond motifs is 7. The summed E-state index contributed by atoms with van der Waals surface area (Å²) >= 11 is 1.86. The number of nitrogens with zero attached hydrogens (tertiary/aromatic N) is 2. The fourth-order valence-corrected chi connectivity index (χ4v) is 4.96. The molecule has 0 radical (unpaired) electrons. The molecule has 2 aromatic heterocycles. The first-order chi connectivity index (χ1) is 11.9. The molecule has 1 aliphatic heterocycles. The van der Waals surface area contributed by atoms with E-state index in [4.69, 9.17) is 4.98 Å². The standard InChI is InChI=1S/C21H12N2S/c1-2-7-14-13(6-1)12-18-20-19(14)15-8-5-11-22-21(15)23(20)16-9-3-4-10-17(16)24-18/h1-12H. The molecule has 0 unspecified atom stereocenters. The fourth-order valence-electron chi connectivity index (χ4n) is 3.84. The lowest BCUT2D eigenvalue weighted by Crippen LogP contribution is -2.02. The Bertz CT molecular complexity index is 1280. The fraction of sp³-hybridized carbons (Fsp3) is 0. The summed E-state index contributed by atoms with van der Waals surface area (Å²) in [6.07, 6.45) is 1.89. The van der Waals surface area contributed by atoms with Gasteiger partial charge in [0.05, 0.1) is 11.2 Å². The van der Waals surface area contributed by atoms with Gasteiger partial charge >= 0.3 is 0 Å². The molecule has 112 valence electrons. The Morgan fingerprint density at radius 3 is 2.62 bits per heavy atom. The van der Waals surface area contributed by atoms with Crippen LogP contribution in [0.2, 0.25) is 0 Å². The number of pyridine rings is 1. The van der Waals surface area contributed by atoms with E-state index in [1.165, 1.54) is 42.5 Å². The molecule has 3 heteroatoms. The van der Waals surface area contributed by atoms with Crippen molar-refractivity contribution < 1.29 is 0 Å². The third-order valence-electron chi connectivity index (χ3n) is 4.80. The molecule has 5 aromatic rings. The zero-order chi connectivity index (χ0) is 15.7. The van der Waals surface area contributed by atoms with E-state index in [9.17, 15) is 0 Å². The number of para-hydroxylation sites is 1. The molecule has 2 nitrogen and oxygen atoms in total. The Balaban J connectivity index is 1.99. The van der Waals surface area contributed by atoms with Gasteiger partial charge in [0.2, 0.25) is 0 Å². The maximum Gasteiger partial charge on any atom is 0.145 e. The van der Waals surface area contributed by atoms with Crippen LogP contribution in [0.5, 0.6) is 0 Å². The van der Waals surface area contributed by atoms with Crippen molar-refractivity contribution in [3.8, 4) is 5.69 Å². The Hall–Kier alpha value is -2.78. The van der Waals surface area contributed by atoms with Gasteiger partial charge in [-0.1, -0.05) is 48.2 Å². The van der Waals surface area contributed by atoms with Crippen LogP contribution >= 0.6 is 11.8 Å². The van der Waals surface area contributed by atoms with Crippen molar-refractivity contribution in [1.29, 1.82) is 0 Å². The van der Waals surface area contributed by atoms with Crippen LogP contribution in [0.4, 0.5) is 0 Å². The van der Waals surface area contributed by atoms with Crippen molar-refractivity contribution >= 4 is 44.5 Å². The van der Waals surface area contributed by atoms with E-state index in [0.29, 0.717) is 0 Å². The van der Waals surface area contributed by atoms with Gasteiger partial charge in [-0.3, -0.25) is 4.57 Å². The van der Waals surface area contributed by atoms with Gasteiger partial charge in [-0.25, -0.2) is 4.98 Å². The van der Waals surface area contributed by atoms with E-state index >= 15 is 0 Å². The molecule has 0 saturated heterocycles. The third kappa shape index (κ3) is 1.46. The van der Waals surface area contributed by atoms with E-state index in [2.05, 4.69) is 65.2 Å². The van der Waals surface area contributed by atoms with Crippen molar-refractivity contribution in [2.75, 3.05) is 0 Å². The molecule has 0 saturated carbocycles. The Kier molecular flexibility index (Phi) is 2.31. The molecule has 3 heterocycles. The quantitative estimate of drug-likeness (QED) is 0.351. The van der Waals surface area contributed by atoms with Crippen LogP contribution in [0, 0.1) is 0 Å². The van der Waals surface area contributed by atoms with E-state index < -0.39 is 0 Å². The monoisotopic (exact) mass is 324 g/mol. The Morgan fingerprint density at radius 1 is 0.792 bits per heavy atom. The summed E-state index contributed by atoms with van der Waals surface area (Å²) in [4.78, 5) is 7.31. The second kappa shape index (κ2) is 4.40. The van der Waals surface area contributed by atoms with Crippen LogP contribution in [0.1, 0.15) is 0 Å². The minimum absolute atomic E-state index is 1.04. The summed E-state index contributed by atoms with van der Waals surface area (Å²) in [6, 6.07) is 23.8. The normalized spacial score (nSPS) is 12.8. The topological polar surface area (TPSA) is 17.8 Å². The van der Waals surface area contributed by atoms with Crippen molar-refractivity contribution in [2.45, 2.75) is 9.79 Å². The highest BCUT2D eigenvalue weighted by Gasteiger charge is 2.24. The van der Waals surface area contributed by atoms with Gasteiger partial charge in [0.25, 0.3) is 0 Å². The smallest absolute Gasteiger partial charge is 0.145 e. The van der Waals surface area contributed by atoms with Crippen LogP contribution in [-0.4, -0.2) is 9.55 Å². The van der Waals surface area contributed by atoms with Crippen molar-refractivity contribution in [1.82, 2.24) is 9.55 Å². The molecule has 0 atom stereocenters. The molecule has 1 aliphatic rings. The zero-order valence-corrected chi connectivity index (χ0v) is 13.5. The number of rotatable bonds is 0. The first-order valence-electron chi connectivity index (χ1n) is 8.00. The first kappa shape index (κ1) is 12.6. The van der Waals surface area contributed by atoms with Crippen LogP contribution in [0.15, 0.2) is 82.7 Å². The Labute approximate surface area is 142 Å². The van der Waals surface area contributed by atoms with E-state index in [1.807, 2.05) is 24.0 Å². The zero-order valence-electron chi connectivity index (χ0n) is 12.7. The lowest BCUT2D eigenvalue weighted by Gasteiger charge is -2.20. The van der Waals surface area contributed by atoms with Crippen LogP contribution in [-0.2, 0) is 0 Å². The molecular formula is C21H12N2S. The van der Waals surface area contributed by atoms with Gasteiger partial charge in [0, 0.05) is 26.8 Å². The first-order valence-corrected chi connectivity index (χ1v) is 8.81. The molecule has 0 amide bonds. The highest BCUT2D eigenvalue weighted by atomic mass is 32.2. The summed E-state index contributed by atoms with van der Waals surface area (Å²) in [5.74, 6) is 0. The van der Waals surface area contributed by atoms with E-state index in [0.717, 1.165) is 5.65 Å². The lowest BCUT2D eigenvalue weighted by molar-refractivity contribution is 1.07. The van der Waals surface area contributed by atoms with Crippen molar-refractivity contribution in [2.24, 2.45) is 0 Å². The molecule has 0 bridgehead atoms. The molecule has 6 rings (SSSR count). The largest absolute Gasteiger partial charge is 0.292 e. The van der Waals surface area contributed by atoms with Gasteiger partial charge < -0.3 is 0 Å². The second-order valence-corrected chi connectivity index (χ2v) is 7.18. The minimum Gasteiger partial charge on any atom is -0.292 e. The average molecular weight is 324 g/mol. The summed E-state index contributed by atoms with van der Waals surface area (Å²) in [5.41, 5.74) is 3.55. The molecule has 0 aliphatic carbocycles. The summed E-state index contributed by atoms with van der Waals surface area (Å²) in [5, 5.41) is 5.12. The van der Waals surface area contributed by atoms with Crippen LogP contribution in [0.3, 0.4) is 0 Å². The maximum atomic E-state index is 4.72. The summed E-state index contributed by atoms with van der Waals surface area (Å²) < 4.78 is 2.33. The highest BCUT2D eigenvalue weighted by Crippen LogP contribution is 2.48. The molecular weight excluding hydrogens is 312 g/mol. The van der Waals surface area contributed by atoms with E-state index in [-0.39, 0.29) is 0 Å². The Morgan fingerprint density at radius 2 is 1.62 bits per heavy atom.